The first-order valence-corrected chi connectivity index (χ1v) is 7.15. The van der Waals surface area contributed by atoms with Crippen molar-refractivity contribution in [2.75, 3.05) is 13.2 Å². The summed E-state index contributed by atoms with van der Waals surface area (Å²) in [5.74, 6) is -2.37. The summed E-state index contributed by atoms with van der Waals surface area (Å²) in [5.41, 5.74) is -1.66. The summed E-state index contributed by atoms with van der Waals surface area (Å²) in [7, 11) is 0. The van der Waals surface area contributed by atoms with Crippen LogP contribution in [0, 0.1) is 0 Å². The lowest BCUT2D eigenvalue weighted by atomic mass is 10.0. The van der Waals surface area contributed by atoms with E-state index in [9.17, 15) is 14.4 Å². The van der Waals surface area contributed by atoms with E-state index in [2.05, 4.69) is 5.32 Å². The van der Waals surface area contributed by atoms with Crippen LogP contribution in [0.3, 0.4) is 0 Å². The quantitative estimate of drug-likeness (QED) is 0.638. The molecule has 0 heterocycles. The molecule has 1 aromatic rings. The molecular weight excluding hydrogens is 310 g/mol. The molecule has 0 bridgehead atoms. The van der Waals surface area contributed by atoms with Crippen LogP contribution in [0.4, 0.5) is 0 Å². The van der Waals surface area contributed by atoms with Crippen LogP contribution in [0.2, 0.25) is 5.02 Å². The Morgan fingerprint density at radius 3 is 1.91 bits per heavy atom. The molecule has 0 atom stereocenters. The second-order valence-electron chi connectivity index (χ2n) is 4.53. The first-order chi connectivity index (χ1) is 10.3. The minimum Gasteiger partial charge on any atom is -0.464 e. The standard InChI is InChI=1S/C15H18ClNO5/c1-4-21-13(19)15(3,14(20)22-5-2)17-12(18)10-6-8-11(16)9-7-10/h6-9H,4-5H2,1-3H3,(H,17,18). The molecule has 0 aliphatic heterocycles. The fraction of sp³-hybridized carbons (Fsp3) is 0.400. The Labute approximate surface area is 133 Å². The molecule has 0 radical (unpaired) electrons. The third-order valence-electron chi connectivity index (χ3n) is 2.84. The molecule has 7 heteroatoms. The molecule has 0 saturated heterocycles. The minimum atomic E-state index is -1.91. The van der Waals surface area contributed by atoms with Crippen molar-refractivity contribution in [3.63, 3.8) is 0 Å². The van der Waals surface area contributed by atoms with E-state index in [0.29, 0.717) is 5.02 Å². The summed E-state index contributed by atoms with van der Waals surface area (Å²) in [6, 6.07) is 6.02. The van der Waals surface area contributed by atoms with Crippen LogP contribution in [-0.4, -0.2) is 36.6 Å². The maximum absolute atomic E-state index is 12.2. The molecule has 0 aromatic heterocycles. The fourth-order valence-electron chi connectivity index (χ4n) is 1.64. The highest BCUT2D eigenvalue weighted by Gasteiger charge is 2.46. The zero-order chi connectivity index (χ0) is 16.8. The van der Waals surface area contributed by atoms with E-state index in [0.717, 1.165) is 0 Å². The van der Waals surface area contributed by atoms with E-state index in [1.165, 1.54) is 31.2 Å². The van der Waals surface area contributed by atoms with Crippen LogP contribution in [0.1, 0.15) is 31.1 Å². The number of carbonyl (C=O) groups excluding carboxylic acids is 3. The first-order valence-electron chi connectivity index (χ1n) is 6.77. The topological polar surface area (TPSA) is 81.7 Å². The van der Waals surface area contributed by atoms with Gasteiger partial charge in [-0.15, -0.1) is 0 Å². The molecule has 0 fully saturated rings. The number of hydrogen-bond donors (Lipinski definition) is 1. The van der Waals surface area contributed by atoms with E-state index < -0.39 is 23.4 Å². The Hall–Kier alpha value is -2.08. The smallest absolute Gasteiger partial charge is 0.343 e. The SMILES string of the molecule is CCOC(=O)C(C)(NC(=O)c1ccc(Cl)cc1)C(=O)OCC. The number of nitrogens with one attached hydrogen (secondary N) is 1. The summed E-state index contributed by atoms with van der Waals surface area (Å²) < 4.78 is 9.71. The number of benzene rings is 1. The lowest BCUT2D eigenvalue weighted by Gasteiger charge is -2.26. The zero-order valence-corrected chi connectivity index (χ0v) is 13.4. The van der Waals surface area contributed by atoms with Crippen LogP contribution in [0.5, 0.6) is 0 Å². The molecule has 6 nitrogen and oxygen atoms in total. The highest BCUT2D eigenvalue weighted by Crippen LogP contribution is 2.14. The van der Waals surface area contributed by atoms with Gasteiger partial charge in [-0.3, -0.25) is 4.79 Å². The molecule has 0 spiro atoms. The van der Waals surface area contributed by atoms with E-state index in [-0.39, 0.29) is 18.8 Å². The minimum absolute atomic E-state index is 0.0741. The number of halogens is 1. The summed E-state index contributed by atoms with van der Waals surface area (Å²) in [4.78, 5) is 36.3. The van der Waals surface area contributed by atoms with Gasteiger partial charge < -0.3 is 14.8 Å². The third kappa shape index (κ3) is 4.21. The number of ether oxygens (including phenoxy) is 2. The predicted molar refractivity (Wildman–Crippen MR) is 80.6 cm³/mol. The van der Waals surface area contributed by atoms with Gasteiger partial charge in [0.25, 0.3) is 5.91 Å². The number of carbonyl (C=O) groups is 3. The maximum Gasteiger partial charge on any atom is 0.343 e. The molecule has 120 valence electrons. The van der Waals surface area contributed by atoms with E-state index in [1.807, 2.05) is 0 Å². The van der Waals surface area contributed by atoms with Crippen molar-refractivity contribution in [2.24, 2.45) is 0 Å². The second-order valence-corrected chi connectivity index (χ2v) is 4.96. The summed E-state index contributed by atoms with van der Waals surface area (Å²) in [6.07, 6.45) is 0. The Bertz CT molecular complexity index is 538. The van der Waals surface area contributed by atoms with Crippen molar-refractivity contribution in [3.05, 3.63) is 34.9 Å². The van der Waals surface area contributed by atoms with Gasteiger partial charge in [-0.1, -0.05) is 11.6 Å². The van der Waals surface area contributed by atoms with Gasteiger partial charge in [-0.25, -0.2) is 9.59 Å². The Morgan fingerprint density at radius 2 is 1.50 bits per heavy atom. The summed E-state index contributed by atoms with van der Waals surface area (Å²) in [6.45, 7) is 4.60. The highest BCUT2D eigenvalue weighted by atomic mass is 35.5. The molecule has 0 unspecified atom stereocenters. The van der Waals surface area contributed by atoms with Crippen LogP contribution >= 0.6 is 11.6 Å². The van der Waals surface area contributed by atoms with Crippen LogP contribution in [0.15, 0.2) is 24.3 Å². The molecule has 0 aliphatic carbocycles. The van der Waals surface area contributed by atoms with E-state index >= 15 is 0 Å². The van der Waals surface area contributed by atoms with Gasteiger partial charge in [0.15, 0.2) is 0 Å². The molecule has 1 amide bonds. The Balaban J connectivity index is 3.01. The van der Waals surface area contributed by atoms with Crippen molar-refractivity contribution in [1.82, 2.24) is 5.32 Å². The normalized spacial score (nSPS) is 10.7. The average Bonchev–Trinajstić information content (AvgIpc) is 2.48. The predicted octanol–water partition coefficient (Wildman–Crippen LogP) is 1.95. The third-order valence-corrected chi connectivity index (χ3v) is 3.09. The Kier molecular flexibility index (Phi) is 6.37. The zero-order valence-electron chi connectivity index (χ0n) is 12.6. The summed E-state index contributed by atoms with van der Waals surface area (Å²) in [5, 5.41) is 2.83. The molecule has 1 rings (SSSR count). The largest absolute Gasteiger partial charge is 0.464 e. The number of esters is 2. The number of amides is 1. The van der Waals surface area contributed by atoms with Gasteiger partial charge in [0.05, 0.1) is 13.2 Å². The lowest BCUT2D eigenvalue weighted by molar-refractivity contribution is -0.164. The molecule has 1 aromatic carbocycles. The van der Waals surface area contributed by atoms with Gasteiger partial charge in [-0.05, 0) is 45.0 Å². The molecule has 0 aliphatic rings. The monoisotopic (exact) mass is 327 g/mol. The van der Waals surface area contributed by atoms with Gasteiger partial charge in [0.2, 0.25) is 5.54 Å². The average molecular weight is 328 g/mol. The first kappa shape index (κ1) is 18.0. The van der Waals surface area contributed by atoms with E-state index in [1.54, 1.807) is 13.8 Å². The lowest BCUT2D eigenvalue weighted by Crippen LogP contribution is -2.59. The second kappa shape index (κ2) is 7.79. The highest BCUT2D eigenvalue weighted by molar-refractivity contribution is 6.30. The van der Waals surface area contributed by atoms with Crippen LogP contribution < -0.4 is 5.32 Å². The van der Waals surface area contributed by atoms with Gasteiger partial charge >= 0.3 is 11.9 Å². The molecule has 0 saturated carbocycles. The molecule has 1 N–H and O–H groups in total. The van der Waals surface area contributed by atoms with Crippen molar-refractivity contribution < 1.29 is 23.9 Å². The van der Waals surface area contributed by atoms with Crippen molar-refractivity contribution in [2.45, 2.75) is 26.3 Å². The van der Waals surface area contributed by atoms with Crippen LogP contribution in [0.25, 0.3) is 0 Å². The van der Waals surface area contributed by atoms with Gasteiger partial charge in [0, 0.05) is 10.6 Å². The maximum atomic E-state index is 12.2. The Morgan fingerprint density at radius 1 is 1.05 bits per heavy atom. The molecular formula is C15H18ClNO5. The van der Waals surface area contributed by atoms with E-state index in [4.69, 9.17) is 21.1 Å². The van der Waals surface area contributed by atoms with Crippen molar-refractivity contribution in [1.29, 1.82) is 0 Å². The summed E-state index contributed by atoms with van der Waals surface area (Å²) >= 11 is 5.75. The van der Waals surface area contributed by atoms with Gasteiger partial charge in [0.1, 0.15) is 0 Å². The fourth-order valence-corrected chi connectivity index (χ4v) is 1.76. The van der Waals surface area contributed by atoms with Crippen LogP contribution in [-0.2, 0) is 19.1 Å². The number of hydrogen-bond acceptors (Lipinski definition) is 5. The molecule has 22 heavy (non-hydrogen) atoms. The van der Waals surface area contributed by atoms with Gasteiger partial charge in [-0.2, -0.15) is 0 Å². The van der Waals surface area contributed by atoms with Crippen molar-refractivity contribution >= 4 is 29.4 Å². The van der Waals surface area contributed by atoms with Crippen molar-refractivity contribution in [3.8, 4) is 0 Å². The number of rotatable bonds is 6.